The Kier molecular flexibility index (Phi) is 10.3. The first-order valence-corrected chi connectivity index (χ1v) is 15.6. The summed E-state index contributed by atoms with van der Waals surface area (Å²) >= 11 is 0. The molecule has 1 heterocycles. The number of nitrogens with zero attached hydrogens (tertiary/aromatic N) is 3. The van der Waals surface area contributed by atoms with E-state index in [1.807, 2.05) is 84.0 Å². The molecule has 9 nitrogen and oxygen atoms in total. The molecule has 0 bridgehead atoms. The molecule has 44 heavy (non-hydrogen) atoms. The van der Waals surface area contributed by atoms with Crippen LogP contribution in [0.1, 0.15) is 91.2 Å². The van der Waals surface area contributed by atoms with E-state index < -0.39 is 23.0 Å². The van der Waals surface area contributed by atoms with Gasteiger partial charge in [0.1, 0.15) is 12.1 Å². The summed E-state index contributed by atoms with van der Waals surface area (Å²) in [6.07, 6.45) is 5.93. The monoisotopic (exact) mass is 602 g/mol. The Bertz CT molecular complexity index is 1410. The van der Waals surface area contributed by atoms with Gasteiger partial charge < -0.3 is 10.1 Å². The standard InChI is InChI=1S/C35H46N4O5/c1-34(2,3)29(40)22-38-28-18-11-10-17-27(28)32(25-14-8-7-9-15-25)37-39(33(38)43)23-30(41)36-26-16-12-13-24(21-26)19-20-31(42)44-35(4,5)6/h10-13,16-18,21,25H,7-9,14-15,19-20,22-23H2,1-6H3,(H,36,41). The first-order valence-electron chi connectivity index (χ1n) is 15.6. The number of ether oxygens (including phenoxy) is 1. The number of nitrogens with one attached hydrogen (secondary N) is 1. The van der Waals surface area contributed by atoms with Crippen molar-refractivity contribution in [2.24, 2.45) is 16.4 Å². The number of carbonyl (C=O) groups is 4. The van der Waals surface area contributed by atoms with Gasteiger partial charge in [0.05, 0.1) is 17.9 Å². The summed E-state index contributed by atoms with van der Waals surface area (Å²) in [7, 11) is 0. The molecular formula is C35H46N4O5. The van der Waals surface area contributed by atoms with Crippen LogP contribution in [0, 0.1) is 11.3 Å². The van der Waals surface area contributed by atoms with Crippen LogP contribution in [-0.4, -0.2) is 53.1 Å². The van der Waals surface area contributed by atoms with Crippen molar-refractivity contribution < 1.29 is 23.9 Å². The Hall–Kier alpha value is -4.01. The lowest BCUT2D eigenvalue weighted by Gasteiger charge is -2.28. The normalized spacial score (nSPS) is 16.1. The lowest BCUT2D eigenvalue weighted by molar-refractivity contribution is -0.154. The Balaban J connectivity index is 1.57. The number of anilines is 2. The van der Waals surface area contributed by atoms with E-state index in [9.17, 15) is 19.2 Å². The van der Waals surface area contributed by atoms with Crippen LogP contribution in [0.25, 0.3) is 0 Å². The third kappa shape index (κ3) is 8.77. The number of fused-ring (bicyclic) bond motifs is 1. The molecule has 9 heteroatoms. The second kappa shape index (κ2) is 13.7. The number of esters is 1. The van der Waals surface area contributed by atoms with Crippen LogP contribution >= 0.6 is 0 Å². The second-order valence-corrected chi connectivity index (χ2v) is 13.8. The molecule has 1 aliphatic heterocycles. The zero-order valence-corrected chi connectivity index (χ0v) is 26.9. The van der Waals surface area contributed by atoms with Crippen molar-refractivity contribution in [3.63, 3.8) is 0 Å². The molecule has 0 unspecified atom stereocenters. The highest BCUT2D eigenvalue weighted by atomic mass is 16.6. The zero-order valence-electron chi connectivity index (χ0n) is 26.9. The van der Waals surface area contributed by atoms with Crippen LogP contribution in [0.2, 0.25) is 0 Å². The minimum absolute atomic E-state index is 0.0885. The number of ketones is 1. The molecule has 0 spiro atoms. The van der Waals surface area contributed by atoms with Gasteiger partial charge in [-0.2, -0.15) is 5.10 Å². The Labute approximate surface area is 261 Å². The summed E-state index contributed by atoms with van der Waals surface area (Å²) in [6, 6.07) is 14.4. The van der Waals surface area contributed by atoms with Crippen LogP contribution in [0.4, 0.5) is 16.2 Å². The summed E-state index contributed by atoms with van der Waals surface area (Å²) in [4.78, 5) is 54.3. The Morgan fingerprint density at radius 3 is 2.32 bits per heavy atom. The summed E-state index contributed by atoms with van der Waals surface area (Å²) < 4.78 is 5.40. The van der Waals surface area contributed by atoms with Crippen molar-refractivity contribution in [2.75, 3.05) is 23.3 Å². The molecule has 1 aliphatic carbocycles. The molecule has 0 atom stereocenters. The maximum Gasteiger partial charge on any atom is 0.345 e. The van der Waals surface area contributed by atoms with Crippen molar-refractivity contribution >= 4 is 40.8 Å². The minimum Gasteiger partial charge on any atom is -0.460 e. The van der Waals surface area contributed by atoms with Gasteiger partial charge in [-0.05, 0) is 63.8 Å². The Morgan fingerprint density at radius 1 is 0.932 bits per heavy atom. The number of rotatable bonds is 9. The number of Topliss-reactive ketones (excluding diaryl/α,β-unsaturated/α-hetero) is 1. The van der Waals surface area contributed by atoms with Gasteiger partial charge in [0.15, 0.2) is 5.78 Å². The number of urea groups is 1. The average molecular weight is 603 g/mol. The molecule has 2 aromatic carbocycles. The van der Waals surface area contributed by atoms with Crippen LogP contribution in [0.5, 0.6) is 0 Å². The SMILES string of the molecule is CC(C)(C)OC(=O)CCc1cccc(NC(=O)CN2N=C(C3CCCCC3)c3ccccc3N(CC(=O)C(C)(C)C)C2=O)c1. The predicted molar refractivity (Wildman–Crippen MR) is 173 cm³/mol. The van der Waals surface area contributed by atoms with Crippen molar-refractivity contribution in [1.82, 2.24) is 5.01 Å². The van der Waals surface area contributed by atoms with E-state index in [0.29, 0.717) is 17.8 Å². The topological polar surface area (TPSA) is 108 Å². The maximum absolute atomic E-state index is 14.1. The van der Waals surface area contributed by atoms with E-state index in [1.165, 1.54) is 16.3 Å². The number of para-hydroxylation sites is 1. The molecule has 4 rings (SSSR count). The van der Waals surface area contributed by atoms with E-state index in [0.717, 1.165) is 42.5 Å². The van der Waals surface area contributed by atoms with Crippen molar-refractivity contribution in [2.45, 2.75) is 92.1 Å². The number of hydrazone groups is 1. The van der Waals surface area contributed by atoms with E-state index >= 15 is 0 Å². The number of hydrogen-bond acceptors (Lipinski definition) is 6. The first-order chi connectivity index (χ1) is 20.7. The highest BCUT2D eigenvalue weighted by molar-refractivity contribution is 6.13. The molecule has 236 valence electrons. The summed E-state index contributed by atoms with van der Waals surface area (Å²) in [5.74, 6) is -0.631. The number of benzene rings is 2. The average Bonchev–Trinajstić information content (AvgIpc) is 3.06. The van der Waals surface area contributed by atoms with E-state index in [4.69, 9.17) is 9.84 Å². The molecule has 0 radical (unpaired) electrons. The number of amides is 3. The number of carbonyl (C=O) groups excluding carboxylic acids is 4. The van der Waals surface area contributed by atoms with Crippen molar-refractivity contribution in [3.05, 3.63) is 59.7 Å². The third-order valence-corrected chi connectivity index (χ3v) is 7.82. The largest absolute Gasteiger partial charge is 0.460 e. The smallest absolute Gasteiger partial charge is 0.345 e. The fraction of sp³-hybridized carbons (Fsp3) is 0.514. The lowest BCUT2D eigenvalue weighted by Crippen LogP contribution is -2.47. The van der Waals surface area contributed by atoms with Crippen molar-refractivity contribution in [3.8, 4) is 0 Å². The summed E-state index contributed by atoms with van der Waals surface area (Å²) in [6.45, 7) is 10.6. The molecule has 1 saturated carbocycles. The van der Waals surface area contributed by atoms with E-state index in [-0.39, 0.29) is 37.2 Å². The van der Waals surface area contributed by atoms with E-state index in [1.54, 1.807) is 6.07 Å². The number of hydrogen-bond donors (Lipinski definition) is 1. The molecule has 2 aliphatic rings. The summed E-state index contributed by atoms with van der Waals surface area (Å²) in [5.41, 5.74) is 2.49. The molecule has 1 N–H and O–H groups in total. The van der Waals surface area contributed by atoms with Crippen LogP contribution in [0.3, 0.4) is 0 Å². The van der Waals surface area contributed by atoms with Crippen LogP contribution in [-0.2, 0) is 25.5 Å². The maximum atomic E-state index is 14.1. The van der Waals surface area contributed by atoms with Crippen molar-refractivity contribution in [1.29, 1.82) is 0 Å². The van der Waals surface area contributed by atoms with Crippen LogP contribution < -0.4 is 10.2 Å². The van der Waals surface area contributed by atoms with Gasteiger partial charge in [-0.3, -0.25) is 19.3 Å². The minimum atomic E-state index is -0.648. The van der Waals surface area contributed by atoms with Gasteiger partial charge >= 0.3 is 12.0 Å². The van der Waals surface area contributed by atoms with Gasteiger partial charge in [-0.1, -0.05) is 70.4 Å². The first kappa shape index (κ1) is 32.9. The van der Waals surface area contributed by atoms with Gasteiger partial charge in [0, 0.05) is 29.0 Å². The summed E-state index contributed by atoms with van der Waals surface area (Å²) in [5, 5.41) is 8.95. The van der Waals surface area contributed by atoms with E-state index in [2.05, 4.69) is 5.32 Å². The molecular weight excluding hydrogens is 556 g/mol. The highest BCUT2D eigenvalue weighted by Gasteiger charge is 2.36. The molecule has 0 saturated heterocycles. The second-order valence-electron chi connectivity index (χ2n) is 13.8. The fourth-order valence-electron chi connectivity index (χ4n) is 5.49. The lowest BCUT2D eigenvalue weighted by atomic mass is 9.83. The van der Waals surface area contributed by atoms with Gasteiger partial charge in [-0.15, -0.1) is 0 Å². The Morgan fingerprint density at radius 2 is 1.64 bits per heavy atom. The predicted octanol–water partition coefficient (Wildman–Crippen LogP) is 6.74. The highest BCUT2D eigenvalue weighted by Crippen LogP contribution is 2.34. The van der Waals surface area contributed by atoms with Crippen LogP contribution in [0.15, 0.2) is 53.6 Å². The zero-order chi connectivity index (χ0) is 32.1. The molecule has 0 aromatic heterocycles. The molecule has 2 aromatic rings. The van der Waals surface area contributed by atoms with Gasteiger partial charge in [-0.25, -0.2) is 9.80 Å². The quantitative estimate of drug-likeness (QED) is 0.320. The third-order valence-electron chi connectivity index (χ3n) is 7.82. The molecule has 3 amide bonds. The van der Waals surface area contributed by atoms with Gasteiger partial charge in [0.2, 0.25) is 5.91 Å². The number of aryl methyl sites for hydroxylation is 1. The molecule has 1 fully saturated rings. The fourth-order valence-corrected chi connectivity index (χ4v) is 5.49. The van der Waals surface area contributed by atoms with Gasteiger partial charge in [0.25, 0.3) is 0 Å².